The van der Waals surface area contributed by atoms with Crippen LogP contribution in [0.5, 0.6) is 0 Å². The number of benzene rings is 1. The van der Waals surface area contributed by atoms with Crippen LogP contribution in [0.4, 0.5) is 9.52 Å². The average Bonchev–Trinajstić information content (AvgIpc) is 3.01. The number of thiazole rings is 1. The van der Waals surface area contributed by atoms with Crippen LogP contribution in [0.25, 0.3) is 10.2 Å². The second-order valence-corrected chi connectivity index (χ2v) is 7.35. The van der Waals surface area contributed by atoms with E-state index in [0.717, 1.165) is 11.8 Å². The molecule has 25 heavy (non-hydrogen) atoms. The molecular weight excluding hydrogens is 361 g/mol. The maximum absolute atomic E-state index is 13.4. The van der Waals surface area contributed by atoms with Crippen molar-refractivity contribution < 1.29 is 14.0 Å². The lowest BCUT2D eigenvalue weighted by Crippen LogP contribution is -2.32. The predicted octanol–water partition coefficient (Wildman–Crippen LogP) is 3.64. The molecule has 3 aromatic rings. The number of halogens is 1. The van der Waals surface area contributed by atoms with Gasteiger partial charge in [-0.2, -0.15) is 0 Å². The van der Waals surface area contributed by atoms with Gasteiger partial charge in [0.1, 0.15) is 5.82 Å². The number of anilines is 1. The predicted molar refractivity (Wildman–Crippen MR) is 98.1 cm³/mol. The van der Waals surface area contributed by atoms with Crippen LogP contribution in [-0.2, 0) is 16.1 Å². The minimum absolute atomic E-state index is 0.0203. The molecule has 128 valence electrons. The SMILES string of the molecule is CC(=O)SCC(=O)N(Cc1ccccn1)c1nc2ccc(F)cc2s1. The Bertz CT molecular complexity index is 915. The number of hydrogen-bond donors (Lipinski definition) is 0. The molecule has 2 heterocycles. The summed E-state index contributed by atoms with van der Waals surface area (Å²) in [5, 5.41) is 0.331. The summed E-state index contributed by atoms with van der Waals surface area (Å²) in [6.07, 6.45) is 1.65. The summed E-state index contributed by atoms with van der Waals surface area (Å²) >= 11 is 2.18. The Kier molecular flexibility index (Phi) is 5.40. The molecule has 0 spiro atoms. The standard InChI is InChI=1S/C17H14FN3O2S2/c1-11(22)24-10-16(23)21(9-13-4-2-3-7-19-13)17-20-14-6-5-12(18)8-15(14)25-17/h2-8H,9-10H2,1H3. The number of carbonyl (C=O) groups excluding carboxylic acids is 2. The van der Waals surface area contributed by atoms with Crippen molar-refractivity contribution in [3.8, 4) is 0 Å². The number of aromatic nitrogens is 2. The molecule has 2 aromatic heterocycles. The van der Waals surface area contributed by atoms with Gasteiger partial charge in [0.25, 0.3) is 0 Å². The molecule has 0 fully saturated rings. The highest BCUT2D eigenvalue weighted by Gasteiger charge is 2.21. The highest BCUT2D eigenvalue weighted by molar-refractivity contribution is 8.14. The number of hydrogen-bond acceptors (Lipinski definition) is 6. The molecule has 0 aliphatic heterocycles. The summed E-state index contributed by atoms with van der Waals surface area (Å²) in [7, 11) is 0. The maximum atomic E-state index is 13.4. The van der Waals surface area contributed by atoms with E-state index >= 15 is 0 Å². The number of thioether (sulfide) groups is 1. The Morgan fingerprint density at radius 2 is 2.12 bits per heavy atom. The Labute approximate surface area is 151 Å². The fourth-order valence-corrected chi connectivity index (χ4v) is 3.65. The fourth-order valence-electron chi connectivity index (χ4n) is 2.16. The number of pyridine rings is 1. The van der Waals surface area contributed by atoms with Crippen molar-refractivity contribution in [3.05, 3.63) is 54.1 Å². The van der Waals surface area contributed by atoms with Crippen LogP contribution in [-0.4, -0.2) is 26.7 Å². The number of amides is 1. The van der Waals surface area contributed by atoms with Crippen molar-refractivity contribution in [2.75, 3.05) is 10.7 Å². The number of rotatable bonds is 5. The number of carbonyl (C=O) groups is 2. The van der Waals surface area contributed by atoms with Gasteiger partial charge in [-0.1, -0.05) is 29.2 Å². The van der Waals surface area contributed by atoms with E-state index in [1.165, 1.54) is 35.3 Å². The molecule has 0 aliphatic rings. The van der Waals surface area contributed by atoms with Crippen LogP contribution in [0.3, 0.4) is 0 Å². The molecule has 1 amide bonds. The summed E-state index contributed by atoms with van der Waals surface area (Å²) in [6.45, 7) is 1.65. The molecule has 0 bridgehead atoms. The normalized spacial score (nSPS) is 10.8. The molecule has 5 nitrogen and oxygen atoms in total. The zero-order chi connectivity index (χ0) is 17.8. The van der Waals surface area contributed by atoms with Gasteiger partial charge >= 0.3 is 0 Å². The third-order valence-corrected chi connectivity index (χ3v) is 5.16. The highest BCUT2D eigenvalue weighted by Crippen LogP contribution is 2.30. The Balaban J connectivity index is 1.93. The van der Waals surface area contributed by atoms with Gasteiger partial charge in [0.2, 0.25) is 5.91 Å². The lowest BCUT2D eigenvalue weighted by Gasteiger charge is -2.19. The quantitative estimate of drug-likeness (QED) is 0.681. The Hall–Kier alpha value is -2.32. The first-order valence-corrected chi connectivity index (χ1v) is 9.23. The maximum Gasteiger partial charge on any atom is 0.239 e. The van der Waals surface area contributed by atoms with Gasteiger partial charge in [-0.3, -0.25) is 19.5 Å². The summed E-state index contributed by atoms with van der Waals surface area (Å²) in [4.78, 5) is 33.9. The van der Waals surface area contributed by atoms with E-state index in [2.05, 4.69) is 9.97 Å². The van der Waals surface area contributed by atoms with Crippen molar-refractivity contribution in [3.63, 3.8) is 0 Å². The number of nitrogens with zero attached hydrogens (tertiary/aromatic N) is 3. The molecular formula is C17H14FN3O2S2. The van der Waals surface area contributed by atoms with Crippen LogP contribution in [0.2, 0.25) is 0 Å². The third kappa shape index (κ3) is 4.40. The Morgan fingerprint density at radius 3 is 2.84 bits per heavy atom. The van der Waals surface area contributed by atoms with Crippen LogP contribution in [0.15, 0.2) is 42.6 Å². The molecule has 0 N–H and O–H groups in total. The van der Waals surface area contributed by atoms with Gasteiger partial charge in [-0.05, 0) is 30.3 Å². The van der Waals surface area contributed by atoms with Crippen LogP contribution < -0.4 is 4.90 Å². The first-order valence-electron chi connectivity index (χ1n) is 7.42. The second kappa shape index (κ2) is 7.71. The van der Waals surface area contributed by atoms with Gasteiger partial charge in [0.15, 0.2) is 10.2 Å². The summed E-state index contributed by atoms with van der Waals surface area (Å²) in [5.41, 5.74) is 1.33. The smallest absolute Gasteiger partial charge is 0.239 e. The zero-order valence-corrected chi connectivity index (χ0v) is 14.9. The summed E-state index contributed by atoms with van der Waals surface area (Å²) in [5.74, 6) is -0.574. The van der Waals surface area contributed by atoms with E-state index in [-0.39, 0.29) is 29.1 Å². The van der Waals surface area contributed by atoms with Gasteiger partial charge in [-0.15, -0.1) is 0 Å². The van der Waals surface area contributed by atoms with E-state index in [1.54, 1.807) is 18.3 Å². The van der Waals surface area contributed by atoms with Crippen molar-refractivity contribution >= 4 is 49.5 Å². The third-order valence-electron chi connectivity index (χ3n) is 3.32. The Morgan fingerprint density at radius 1 is 1.28 bits per heavy atom. The lowest BCUT2D eigenvalue weighted by atomic mass is 10.3. The lowest BCUT2D eigenvalue weighted by molar-refractivity contribution is -0.116. The molecule has 1 aromatic carbocycles. The molecule has 3 rings (SSSR count). The summed E-state index contributed by atoms with van der Waals surface area (Å²) in [6, 6.07) is 9.75. The van der Waals surface area contributed by atoms with Crippen molar-refractivity contribution in [2.24, 2.45) is 0 Å². The monoisotopic (exact) mass is 375 g/mol. The summed E-state index contributed by atoms with van der Waals surface area (Å²) < 4.78 is 14.1. The van der Waals surface area contributed by atoms with Crippen LogP contribution in [0, 0.1) is 5.82 Å². The van der Waals surface area contributed by atoms with Gasteiger partial charge < -0.3 is 0 Å². The largest absolute Gasteiger partial charge is 0.288 e. The molecule has 0 unspecified atom stereocenters. The molecule has 0 aliphatic carbocycles. The van der Waals surface area contributed by atoms with E-state index in [4.69, 9.17) is 0 Å². The van der Waals surface area contributed by atoms with Gasteiger partial charge in [-0.25, -0.2) is 9.37 Å². The van der Waals surface area contributed by atoms with Gasteiger partial charge in [0.05, 0.1) is 28.2 Å². The molecule has 0 saturated heterocycles. The van der Waals surface area contributed by atoms with Crippen molar-refractivity contribution in [1.82, 2.24) is 9.97 Å². The number of fused-ring (bicyclic) bond motifs is 1. The van der Waals surface area contributed by atoms with E-state index in [1.807, 2.05) is 12.1 Å². The first kappa shape index (κ1) is 17.5. The van der Waals surface area contributed by atoms with Crippen molar-refractivity contribution in [2.45, 2.75) is 13.5 Å². The topological polar surface area (TPSA) is 63.2 Å². The van der Waals surface area contributed by atoms with Crippen LogP contribution in [0.1, 0.15) is 12.6 Å². The van der Waals surface area contributed by atoms with E-state index in [0.29, 0.717) is 21.0 Å². The first-order chi connectivity index (χ1) is 12.0. The average molecular weight is 375 g/mol. The van der Waals surface area contributed by atoms with Crippen LogP contribution >= 0.6 is 23.1 Å². The van der Waals surface area contributed by atoms with E-state index in [9.17, 15) is 14.0 Å². The van der Waals surface area contributed by atoms with Crippen molar-refractivity contribution in [1.29, 1.82) is 0 Å². The highest BCUT2D eigenvalue weighted by atomic mass is 32.2. The minimum atomic E-state index is -0.350. The molecule has 0 radical (unpaired) electrons. The zero-order valence-electron chi connectivity index (χ0n) is 13.3. The van der Waals surface area contributed by atoms with E-state index < -0.39 is 0 Å². The molecule has 0 saturated carbocycles. The second-order valence-electron chi connectivity index (χ2n) is 5.19. The van der Waals surface area contributed by atoms with Gasteiger partial charge in [0, 0.05) is 13.1 Å². The minimum Gasteiger partial charge on any atom is -0.288 e. The fraction of sp³-hybridized carbons (Fsp3) is 0.176. The molecule has 0 atom stereocenters. The molecule has 8 heteroatoms.